The van der Waals surface area contributed by atoms with Crippen molar-refractivity contribution in [2.45, 2.75) is 6.54 Å². The van der Waals surface area contributed by atoms with Crippen molar-refractivity contribution in [3.05, 3.63) is 83.0 Å². The van der Waals surface area contributed by atoms with Gasteiger partial charge in [-0.05, 0) is 29.8 Å². The molecule has 0 spiro atoms. The normalized spacial score (nSPS) is 10.4. The molecule has 3 aromatic carbocycles. The molecule has 0 aliphatic heterocycles. The molecule has 0 fully saturated rings. The number of rotatable bonds is 10. The number of hydrogen-bond donors (Lipinski definition) is 4. The highest BCUT2D eigenvalue weighted by Gasteiger charge is 2.14. The van der Waals surface area contributed by atoms with Gasteiger partial charge in [0.05, 0.1) is 32.7 Å². The summed E-state index contributed by atoms with van der Waals surface area (Å²) in [6.07, 6.45) is 0. The maximum atomic E-state index is 12.6. The van der Waals surface area contributed by atoms with Crippen LogP contribution in [0.1, 0.15) is 15.9 Å². The fourth-order valence-corrected chi connectivity index (χ4v) is 3.81. The van der Waals surface area contributed by atoms with E-state index in [0.29, 0.717) is 58.2 Å². The van der Waals surface area contributed by atoms with E-state index in [1.54, 1.807) is 63.8 Å². The topological polar surface area (TPSA) is 133 Å². The molecular weight excluding hydrogens is 508 g/mol. The minimum absolute atomic E-state index is 0.247. The molecule has 10 nitrogen and oxygen atoms in total. The summed E-state index contributed by atoms with van der Waals surface area (Å²) in [5, 5.41) is 9.40. The summed E-state index contributed by atoms with van der Waals surface area (Å²) in [5.74, 6) is 2.02. The van der Waals surface area contributed by atoms with Gasteiger partial charge in [-0.2, -0.15) is 4.98 Å². The lowest BCUT2D eigenvalue weighted by molar-refractivity contribution is 0.102. The number of methoxy groups -OCH3 is 3. The van der Waals surface area contributed by atoms with Crippen LogP contribution in [-0.2, 0) is 6.54 Å². The van der Waals surface area contributed by atoms with Crippen LogP contribution in [0.25, 0.3) is 0 Å². The summed E-state index contributed by atoms with van der Waals surface area (Å²) in [6.45, 7) is 0.414. The SMILES string of the molecule is COc1cc(Nc2cc(Cl)nc(NCc3ccc(C(=O)Nc4ccccc4N)cc3)n2)cc(OC)c1OC. The Bertz CT molecular complexity index is 1410. The zero-order valence-electron chi connectivity index (χ0n) is 21.0. The average Bonchev–Trinajstić information content (AvgIpc) is 2.92. The van der Waals surface area contributed by atoms with Crippen molar-refractivity contribution in [2.75, 3.05) is 43.0 Å². The third-order valence-corrected chi connectivity index (χ3v) is 5.70. The molecule has 1 amide bonds. The first-order chi connectivity index (χ1) is 18.4. The third-order valence-electron chi connectivity index (χ3n) is 5.51. The molecule has 0 saturated carbocycles. The predicted molar refractivity (Wildman–Crippen MR) is 149 cm³/mol. The zero-order valence-corrected chi connectivity index (χ0v) is 21.8. The lowest BCUT2D eigenvalue weighted by atomic mass is 10.1. The fraction of sp³-hybridized carbons (Fsp3) is 0.148. The lowest BCUT2D eigenvalue weighted by Crippen LogP contribution is -2.13. The van der Waals surface area contributed by atoms with Crippen molar-refractivity contribution in [1.82, 2.24) is 9.97 Å². The number of halogens is 1. The van der Waals surface area contributed by atoms with E-state index >= 15 is 0 Å². The highest BCUT2D eigenvalue weighted by Crippen LogP contribution is 2.40. The Morgan fingerprint density at radius 3 is 2.24 bits per heavy atom. The van der Waals surface area contributed by atoms with Gasteiger partial charge in [0, 0.05) is 36.0 Å². The van der Waals surface area contributed by atoms with Crippen LogP contribution in [0.3, 0.4) is 0 Å². The summed E-state index contributed by atoms with van der Waals surface area (Å²) in [5.41, 5.74) is 9.06. The number of anilines is 5. The van der Waals surface area contributed by atoms with Crippen LogP contribution >= 0.6 is 11.6 Å². The lowest BCUT2D eigenvalue weighted by Gasteiger charge is -2.15. The van der Waals surface area contributed by atoms with E-state index in [4.69, 9.17) is 31.5 Å². The van der Waals surface area contributed by atoms with Crippen LogP contribution < -0.4 is 35.9 Å². The van der Waals surface area contributed by atoms with E-state index < -0.39 is 0 Å². The molecule has 0 atom stereocenters. The number of nitrogens with one attached hydrogen (secondary N) is 3. The molecule has 0 aliphatic carbocycles. The molecule has 0 bridgehead atoms. The molecule has 4 rings (SSSR count). The number of carbonyl (C=O) groups is 1. The van der Waals surface area contributed by atoms with Crippen LogP contribution in [0.4, 0.5) is 28.8 Å². The molecule has 4 aromatic rings. The van der Waals surface area contributed by atoms with Gasteiger partial charge in [-0.1, -0.05) is 35.9 Å². The molecule has 196 valence electrons. The second-order valence-corrected chi connectivity index (χ2v) is 8.42. The van der Waals surface area contributed by atoms with Gasteiger partial charge >= 0.3 is 0 Å². The number of hydrogen-bond acceptors (Lipinski definition) is 9. The molecule has 0 radical (unpaired) electrons. The summed E-state index contributed by atoms with van der Waals surface area (Å²) in [7, 11) is 4.63. The number of para-hydroxylation sites is 2. The number of ether oxygens (including phenoxy) is 3. The number of nitrogen functional groups attached to an aromatic ring is 1. The van der Waals surface area contributed by atoms with Gasteiger partial charge in [-0.3, -0.25) is 4.79 Å². The minimum Gasteiger partial charge on any atom is -0.493 e. The van der Waals surface area contributed by atoms with Gasteiger partial charge in [-0.15, -0.1) is 0 Å². The Morgan fingerprint density at radius 1 is 0.921 bits per heavy atom. The first-order valence-electron chi connectivity index (χ1n) is 11.5. The highest BCUT2D eigenvalue weighted by molar-refractivity contribution is 6.29. The first kappa shape index (κ1) is 26.4. The fourth-order valence-electron chi connectivity index (χ4n) is 3.62. The number of carbonyl (C=O) groups excluding carboxylic acids is 1. The van der Waals surface area contributed by atoms with Crippen LogP contribution in [0, 0.1) is 0 Å². The quantitative estimate of drug-likeness (QED) is 0.157. The van der Waals surface area contributed by atoms with E-state index in [1.165, 1.54) is 0 Å². The molecule has 38 heavy (non-hydrogen) atoms. The Kier molecular flexibility index (Phi) is 8.34. The van der Waals surface area contributed by atoms with Crippen molar-refractivity contribution in [1.29, 1.82) is 0 Å². The molecule has 0 aliphatic rings. The van der Waals surface area contributed by atoms with Gasteiger partial charge in [0.2, 0.25) is 11.7 Å². The summed E-state index contributed by atoms with van der Waals surface area (Å²) >= 11 is 6.24. The number of nitrogens with two attached hydrogens (primary N) is 1. The Labute approximate surface area is 225 Å². The molecule has 1 heterocycles. The number of amides is 1. The minimum atomic E-state index is -0.247. The van der Waals surface area contributed by atoms with Crippen LogP contribution in [0.2, 0.25) is 5.15 Å². The maximum absolute atomic E-state index is 12.6. The van der Waals surface area contributed by atoms with Gasteiger partial charge < -0.3 is 35.9 Å². The molecule has 1 aromatic heterocycles. The van der Waals surface area contributed by atoms with Crippen molar-refractivity contribution < 1.29 is 19.0 Å². The van der Waals surface area contributed by atoms with Crippen LogP contribution in [-0.4, -0.2) is 37.2 Å². The molecular formula is C27H27ClN6O4. The van der Waals surface area contributed by atoms with E-state index in [2.05, 4.69) is 25.9 Å². The molecule has 11 heteroatoms. The van der Waals surface area contributed by atoms with Gasteiger partial charge in [0.15, 0.2) is 11.5 Å². The Balaban J connectivity index is 1.42. The summed E-state index contributed by atoms with van der Waals surface area (Å²) in [6, 6.07) is 19.4. The van der Waals surface area contributed by atoms with Crippen molar-refractivity contribution in [3.8, 4) is 17.2 Å². The number of aromatic nitrogens is 2. The maximum Gasteiger partial charge on any atom is 0.255 e. The highest BCUT2D eigenvalue weighted by atomic mass is 35.5. The van der Waals surface area contributed by atoms with E-state index in [1.807, 2.05) is 24.3 Å². The van der Waals surface area contributed by atoms with Gasteiger partial charge in [0.25, 0.3) is 5.91 Å². The number of benzene rings is 3. The van der Waals surface area contributed by atoms with E-state index in [9.17, 15) is 4.79 Å². The van der Waals surface area contributed by atoms with Crippen molar-refractivity contribution in [2.24, 2.45) is 0 Å². The van der Waals surface area contributed by atoms with E-state index in [-0.39, 0.29) is 11.1 Å². The molecule has 0 saturated heterocycles. The second kappa shape index (κ2) is 12.0. The van der Waals surface area contributed by atoms with E-state index in [0.717, 1.165) is 5.56 Å². The van der Waals surface area contributed by atoms with Crippen molar-refractivity contribution >= 4 is 46.3 Å². The van der Waals surface area contributed by atoms with Gasteiger partial charge in [0.1, 0.15) is 11.0 Å². The smallest absolute Gasteiger partial charge is 0.255 e. The third kappa shape index (κ3) is 6.34. The Morgan fingerprint density at radius 2 is 1.61 bits per heavy atom. The predicted octanol–water partition coefficient (Wildman–Crippen LogP) is 5.35. The standard InChI is InChI=1S/C27H27ClN6O4/c1-36-21-12-18(13-22(37-2)25(21)38-3)31-24-14-23(28)33-27(34-24)30-15-16-8-10-17(11-9-16)26(35)32-20-7-5-4-6-19(20)29/h4-14H,15,29H2,1-3H3,(H,32,35)(H2,30,31,33,34). The summed E-state index contributed by atoms with van der Waals surface area (Å²) in [4.78, 5) is 21.3. The second-order valence-electron chi connectivity index (χ2n) is 8.03. The zero-order chi connectivity index (χ0) is 27.1. The average molecular weight is 535 g/mol. The largest absolute Gasteiger partial charge is 0.493 e. The van der Waals surface area contributed by atoms with Crippen LogP contribution in [0.15, 0.2) is 66.7 Å². The summed E-state index contributed by atoms with van der Waals surface area (Å²) < 4.78 is 16.2. The first-order valence-corrected chi connectivity index (χ1v) is 11.9. The number of nitrogens with zero attached hydrogens (tertiary/aromatic N) is 2. The molecule has 5 N–H and O–H groups in total. The Hall–Kier alpha value is -4.70. The van der Waals surface area contributed by atoms with Gasteiger partial charge in [-0.25, -0.2) is 4.98 Å². The monoisotopic (exact) mass is 534 g/mol. The van der Waals surface area contributed by atoms with Crippen molar-refractivity contribution in [3.63, 3.8) is 0 Å². The molecule has 0 unspecified atom stereocenters. The van der Waals surface area contributed by atoms with Crippen LogP contribution in [0.5, 0.6) is 17.2 Å².